The zero-order valence-corrected chi connectivity index (χ0v) is 11.9. The summed E-state index contributed by atoms with van der Waals surface area (Å²) in [7, 11) is 0. The standard InChI is InChI=1S/C14H12Cl2N2O2/c15-10-5-11(16)13(12(17)6-10)20-7-8-1-3-9(4-2-8)14(18)19/h1-6H,7,17H2,(H2,18,19). The first-order chi connectivity index (χ1) is 9.47. The Morgan fingerprint density at radius 2 is 1.80 bits per heavy atom. The summed E-state index contributed by atoms with van der Waals surface area (Å²) in [4.78, 5) is 11.0. The summed E-state index contributed by atoms with van der Waals surface area (Å²) >= 11 is 11.8. The smallest absolute Gasteiger partial charge is 0.248 e. The van der Waals surface area contributed by atoms with Crippen LogP contribution in [0.2, 0.25) is 10.0 Å². The molecule has 4 nitrogen and oxygen atoms in total. The molecule has 6 heteroatoms. The monoisotopic (exact) mass is 310 g/mol. The number of hydrogen-bond donors (Lipinski definition) is 2. The highest BCUT2D eigenvalue weighted by Gasteiger charge is 2.09. The van der Waals surface area contributed by atoms with Crippen LogP contribution in [0.3, 0.4) is 0 Å². The van der Waals surface area contributed by atoms with Gasteiger partial charge in [0, 0.05) is 10.6 Å². The van der Waals surface area contributed by atoms with Crippen LogP contribution in [-0.2, 0) is 6.61 Å². The second-order valence-electron chi connectivity index (χ2n) is 4.16. The fraction of sp³-hybridized carbons (Fsp3) is 0.0714. The quantitative estimate of drug-likeness (QED) is 0.851. The van der Waals surface area contributed by atoms with Crippen molar-refractivity contribution in [2.75, 3.05) is 5.73 Å². The molecule has 0 saturated heterocycles. The number of amides is 1. The van der Waals surface area contributed by atoms with Crippen LogP contribution in [0, 0.1) is 0 Å². The Labute approximate surface area is 126 Å². The first-order valence-corrected chi connectivity index (χ1v) is 6.49. The number of halogens is 2. The lowest BCUT2D eigenvalue weighted by molar-refractivity contribution is 0.1000. The summed E-state index contributed by atoms with van der Waals surface area (Å²) in [5.74, 6) is -0.0856. The Kier molecular flexibility index (Phi) is 4.37. The highest BCUT2D eigenvalue weighted by atomic mass is 35.5. The molecule has 0 aliphatic heterocycles. The minimum absolute atomic E-state index is 0.268. The van der Waals surface area contributed by atoms with Crippen LogP contribution in [0.5, 0.6) is 5.75 Å². The van der Waals surface area contributed by atoms with Gasteiger partial charge in [0.25, 0.3) is 0 Å². The SMILES string of the molecule is NC(=O)c1ccc(COc2c(N)cc(Cl)cc2Cl)cc1. The van der Waals surface area contributed by atoms with Gasteiger partial charge in [0.2, 0.25) is 5.91 Å². The van der Waals surface area contributed by atoms with Crippen molar-refractivity contribution in [2.45, 2.75) is 6.61 Å². The number of benzene rings is 2. The predicted octanol–water partition coefficient (Wildman–Crippen LogP) is 3.25. The molecule has 2 aromatic carbocycles. The van der Waals surface area contributed by atoms with Crippen molar-refractivity contribution >= 4 is 34.8 Å². The van der Waals surface area contributed by atoms with E-state index < -0.39 is 5.91 Å². The van der Waals surface area contributed by atoms with Crippen LogP contribution in [-0.4, -0.2) is 5.91 Å². The number of rotatable bonds is 4. The maximum absolute atomic E-state index is 11.0. The Morgan fingerprint density at radius 1 is 1.15 bits per heavy atom. The number of carbonyl (C=O) groups is 1. The maximum atomic E-state index is 11.0. The van der Waals surface area contributed by atoms with Crippen LogP contribution in [0.25, 0.3) is 0 Å². The molecule has 20 heavy (non-hydrogen) atoms. The van der Waals surface area contributed by atoms with Crippen LogP contribution in [0.15, 0.2) is 36.4 Å². The van der Waals surface area contributed by atoms with Crippen molar-refractivity contribution in [2.24, 2.45) is 5.73 Å². The van der Waals surface area contributed by atoms with Gasteiger partial charge < -0.3 is 16.2 Å². The Morgan fingerprint density at radius 3 is 2.35 bits per heavy atom. The molecule has 2 aromatic rings. The van der Waals surface area contributed by atoms with Gasteiger partial charge in [-0.15, -0.1) is 0 Å². The van der Waals surface area contributed by atoms with E-state index in [2.05, 4.69) is 0 Å². The fourth-order valence-corrected chi connectivity index (χ4v) is 2.22. The second kappa shape index (κ2) is 6.03. The first-order valence-electron chi connectivity index (χ1n) is 5.73. The minimum Gasteiger partial charge on any atom is -0.485 e. The lowest BCUT2D eigenvalue weighted by Crippen LogP contribution is -2.10. The molecular formula is C14H12Cl2N2O2. The van der Waals surface area contributed by atoms with Gasteiger partial charge >= 0.3 is 0 Å². The van der Waals surface area contributed by atoms with Gasteiger partial charge in [-0.25, -0.2) is 0 Å². The molecule has 0 aliphatic carbocycles. The summed E-state index contributed by atoms with van der Waals surface area (Å²) in [6.45, 7) is 0.268. The third kappa shape index (κ3) is 3.35. The van der Waals surface area contributed by atoms with Gasteiger partial charge in [-0.1, -0.05) is 35.3 Å². The van der Waals surface area contributed by atoms with Crippen molar-refractivity contribution in [3.63, 3.8) is 0 Å². The Balaban J connectivity index is 2.11. The number of carbonyl (C=O) groups excluding carboxylic acids is 1. The molecule has 0 saturated carbocycles. The van der Waals surface area contributed by atoms with E-state index in [1.807, 2.05) is 0 Å². The molecule has 0 radical (unpaired) electrons. The van der Waals surface area contributed by atoms with E-state index in [0.717, 1.165) is 5.56 Å². The lowest BCUT2D eigenvalue weighted by atomic mass is 10.1. The molecule has 0 unspecified atom stereocenters. The molecule has 1 amide bonds. The molecule has 0 fully saturated rings. The largest absolute Gasteiger partial charge is 0.485 e. The molecule has 0 aliphatic rings. The van der Waals surface area contributed by atoms with Crippen LogP contribution in [0.4, 0.5) is 5.69 Å². The number of hydrogen-bond acceptors (Lipinski definition) is 3. The topological polar surface area (TPSA) is 78.3 Å². The van der Waals surface area contributed by atoms with E-state index in [9.17, 15) is 4.79 Å². The highest BCUT2D eigenvalue weighted by Crippen LogP contribution is 2.34. The molecule has 0 bridgehead atoms. The molecule has 0 spiro atoms. The predicted molar refractivity (Wildman–Crippen MR) is 80.2 cm³/mol. The van der Waals surface area contributed by atoms with Gasteiger partial charge in [0.1, 0.15) is 6.61 Å². The van der Waals surface area contributed by atoms with E-state index >= 15 is 0 Å². The third-order valence-corrected chi connectivity index (χ3v) is 3.16. The van der Waals surface area contributed by atoms with E-state index in [4.69, 9.17) is 39.4 Å². The fourth-order valence-electron chi connectivity index (χ4n) is 1.65. The zero-order valence-electron chi connectivity index (χ0n) is 10.4. The first kappa shape index (κ1) is 14.5. The van der Waals surface area contributed by atoms with E-state index in [1.165, 1.54) is 0 Å². The summed E-state index contributed by atoms with van der Waals surface area (Å²) in [5, 5.41) is 0.800. The zero-order chi connectivity index (χ0) is 14.7. The van der Waals surface area contributed by atoms with Crippen molar-refractivity contribution < 1.29 is 9.53 Å². The molecule has 0 heterocycles. The van der Waals surface area contributed by atoms with Gasteiger partial charge in [0.15, 0.2) is 5.75 Å². The summed E-state index contributed by atoms with van der Waals surface area (Å²) in [6, 6.07) is 9.89. The van der Waals surface area contributed by atoms with Gasteiger partial charge in [-0.05, 0) is 29.8 Å². The van der Waals surface area contributed by atoms with E-state index in [0.29, 0.717) is 27.0 Å². The van der Waals surface area contributed by atoms with Crippen LogP contribution >= 0.6 is 23.2 Å². The Bertz CT molecular complexity index is 619. The summed E-state index contributed by atoms with van der Waals surface area (Å²) in [5.41, 5.74) is 12.6. The van der Waals surface area contributed by atoms with Crippen molar-refractivity contribution in [1.82, 2.24) is 0 Å². The van der Waals surface area contributed by atoms with E-state index in [1.54, 1.807) is 36.4 Å². The summed E-state index contributed by atoms with van der Waals surface area (Å²) in [6.07, 6.45) is 0. The second-order valence-corrected chi connectivity index (χ2v) is 5.00. The average molecular weight is 311 g/mol. The number of nitrogen functional groups attached to an aromatic ring is 1. The molecular weight excluding hydrogens is 299 g/mol. The van der Waals surface area contributed by atoms with Gasteiger partial charge in [-0.3, -0.25) is 4.79 Å². The molecule has 104 valence electrons. The van der Waals surface area contributed by atoms with Crippen molar-refractivity contribution in [1.29, 1.82) is 0 Å². The summed E-state index contributed by atoms with van der Waals surface area (Å²) < 4.78 is 5.58. The Hall–Kier alpha value is -1.91. The highest BCUT2D eigenvalue weighted by molar-refractivity contribution is 6.36. The third-order valence-electron chi connectivity index (χ3n) is 2.66. The molecule has 2 rings (SSSR count). The number of nitrogens with two attached hydrogens (primary N) is 2. The van der Waals surface area contributed by atoms with Gasteiger partial charge in [0.05, 0.1) is 10.7 Å². The lowest BCUT2D eigenvalue weighted by Gasteiger charge is -2.11. The maximum Gasteiger partial charge on any atom is 0.248 e. The average Bonchev–Trinajstić information content (AvgIpc) is 2.38. The molecule has 4 N–H and O–H groups in total. The number of ether oxygens (including phenoxy) is 1. The normalized spacial score (nSPS) is 10.3. The van der Waals surface area contributed by atoms with Crippen LogP contribution < -0.4 is 16.2 Å². The molecule has 0 aromatic heterocycles. The number of primary amides is 1. The van der Waals surface area contributed by atoms with Crippen molar-refractivity contribution in [3.8, 4) is 5.75 Å². The minimum atomic E-state index is -0.470. The van der Waals surface area contributed by atoms with Crippen LogP contribution in [0.1, 0.15) is 15.9 Å². The molecule has 0 atom stereocenters. The van der Waals surface area contributed by atoms with E-state index in [-0.39, 0.29) is 6.61 Å². The van der Waals surface area contributed by atoms with Gasteiger partial charge in [-0.2, -0.15) is 0 Å². The van der Waals surface area contributed by atoms with Crippen molar-refractivity contribution in [3.05, 3.63) is 57.6 Å². The number of anilines is 1.